The van der Waals surface area contributed by atoms with Crippen LogP contribution in [0.1, 0.15) is 19.3 Å². The highest BCUT2D eigenvalue weighted by atomic mass is 16.5. The molecule has 2 aliphatic rings. The molecule has 11 heteroatoms. The van der Waals surface area contributed by atoms with Gasteiger partial charge in [-0.3, -0.25) is 23.3 Å². The molecule has 2 aromatic heterocycles. The van der Waals surface area contributed by atoms with E-state index in [1.165, 1.54) is 11.6 Å². The van der Waals surface area contributed by atoms with Crippen molar-refractivity contribution >= 4 is 23.0 Å². The smallest absolute Gasteiger partial charge is 0.332 e. The van der Waals surface area contributed by atoms with E-state index in [9.17, 15) is 14.4 Å². The number of nitrogens with zero attached hydrogens (tertiary/aromatic N) is 4. The van der Waals surface area contributed by atoms with Gasteiger partial charge < -0.3 is 20.1 Å². The highest BCUT2D eigenvalue weighted by Gasteiger charge is 2.23. The lowest BCUT2D eigenvalue weighted by molar-refractivity contribution is -0.122. The van der Waals surface area contributed by atoms with Gasteiger partial charge in [0, 0.05) is 46.3 Å². The maximum absolute atomic E-state index is 12.8. The number of fused-ring (bicyclic) bond motifs is 1. The molecule has 0 spiro atoms. The van der Waals surface area contributed by atoms with E-state index in [2.05, 4.69) is 15.6 Å². The monoisotopic (exact) mass is 420 g/mol. The summed E-state index contributed by atoms with van der Waals surface area (Å²) in [5.41, 5.74) is -0.474. The Bertz CT molecular complexity index is 1040. The van der Waals surface area contributed by atoms with Crippen LogP contribution in [-0.2, 0) is 34.9 Å². The molecule has 2 aliphatic heterocycles. The minimum Gasteiger partial charge on any atom is -0.381 e. The van der Waals surface area contributed by atoms with E-state index in [0.717, 1.165) is 37.0 Å². The Morgan fingerprint density at radius 2 is 2.00 bits per heavy atom. The Morgan fingerprint density at radius 3 is 2.70 bits per heavy atom. The molecule has 11 nitrogen and oxygen atoms in total. The van der Waals surface area contributed by atoms with E-state index in [0.29, 0.717) is 31.6 Å². The summed E-state index contributed by atoms with van der Waals surface area (Å²) in [4.78, 5) is 42.3. The molecule has 164 valence electrons. The number of ether oxygens (including phenoxy) is 2. The third-order valence-corrected chi connectivity index (χ3v) is 5.77. The number of rotatable bonds is 7. The van der Waals surface area contributed by atoms with Gasteiger partial charge in [-0.05, 0) is 19.3 Å². The Hall–Kier alpha value is -2.66. The lowest BCUT2D eigenvalue weighted by Crippen LogP contribution is -2.38. The molecule has 2 N–H and O–H groups in total. The van der Waals surface area contributed by atoms with Crippen LogP contribution in [0, 0.1) is 5.92 Å². The number of aromatic nitrogens is 4. The number of hydrogen-bond acceptors (Lipinski definition) is 7. The SMILES string of the molecule is Cn1c(=O)c2c(nc(NC[C@@H]3CCOC3)n2CC(=O)NC[C@H]2CCCO2)n(C)c1=O. The first-order chi connectivity index (χ1) is 14.5. The Kier molecular flexibility index (Phi) is 5.91. The average Bonchev–Trinajstić information content (AvgIpc) is 3.49. The number of aryl methyl sites for hydroxylation is 1. The molecule has 2 aromatic rings. The molecule has 0 unspecified atom stereocenters. The van der Waals surface area contributed by atoms with Crippen LogP contribution >= 0.6 is 0 Å². The fourth-order valence-corrected chi connectivity index (χ4v) is 3.95. The van der Waals surface area contributed by atoms with Crippen molar-refractivity contribution in [3.8, 4) is 0 Å². The first-order valence-electron chi connectivity index (χ1n) is 10.3. The van der Waals surface area contributed by atoms with Crippen molar-refractivity contribution in [2.75, 3.05) is 38.2 Å². The predicted molar refractivity (Wildman–Crippen MR) is 110 cm³/mol. The van der Waals surface area contributed by atoms with Gasteiger partial charge in [0.2, 0.25) is 11.9 Å². The summed E-state index contributed by atoms with van der Waals surface area (Å²) in [5.74, 6) is 0.480. The van der Waals surface area contributed by atoms with Crippen LogP contribution in [0.5, 0.6) is 0 Å². The Labute approximate surface area is 173 Å². The number of carbonyl (C=O) groups is 1. The number of amides is 1. The lowest BCUT2D eigenvalue weighted by Gasteiger charge is -2.14. The van der Waals surface area contributed by atoms with E-state index >= 15 is 0 Å². The molecule has 4 heterocycles. The molecule has 0 aromatic carbocycles. The van der Waals surface area contributed by atoms with Gasteiger partial charge in [-0.1, -0.05) is 0 Å². The fraction of sp³-hybridized carbons (Fsp3) is 0.684. The Balaban J connectivity index is 1.63. The number of carbonyl (C=O) groups excluding carboxylic acids is 1. The van der Waals surface area contributed by atoms with Crippen LogP contribution in [0.25, 0.3) is 11.2 Å². The zero-order chi connectivity index (χ0) is 21.3. The quantitative estimate of drug-likeness (QED) is 0.600. The van der Waals surface area contributed by atoms with Gasteiger partial charge in [0.05, 0.1) is 12.7 Å². The van der Waals surface area contributed by atoms with Crippen LogP contribution in [0.2, 0.25) is 0 Å². The molecule has 0 aliphatic carbocycles. The summed E-state index contributed by atoms with van der Waals surface area (Å²) in [5, 5.41) is 6.12. The van der Waals surface area contributed by atoms with E-state index < -0.39 is 11.2 Å². The van der Waals surface area contributed by atoms with Gasteiger partial charge in [0.1, 0.15) is 6.54 Å². The van der Waals surface area contributed by atoms with Gasteiger partial charge in [-0.25, -0.2) is 4.79 Å². The summed E-state index contributed by atoms with van der Waals surface area (Å²) in [6.07, 6.45) is 2.89. The first-order valence-corrected chi connectivity index (χ1v) is 10.3. The van der Waals surface area contributed by atoms with Crippen molar-refractivity contribution in [3.05, 3.63) is 20.8 Å². The lowest BCUT2D eigenvalue weighted by atomic mass is 10.1. The molecule has 2 saturated heterocycles. The largest absolute Gasteiger partial charge is 0.381 e. The molecule has 0 radical (unpaired) electrons. The molecule has 0 saturated carbocycles. The predicted octanol–water partition coefficient (Wildman–Crippen LogP) is -0.823. The number of nitrogens with one attached hydrogen (secondary N) is 2. The standard InChI is InChI=1S/C19H28N6O5/c1-23-16-15(17(27)24(2)19(23)28)25(10-14(26)20-9-13-4-3-6-30-13)18(22-16)21-8-12-5-7-29-11-12/h12-13H,3-11H2,1-2H3,(H,20,26)(H,21,22)/t12-,13+/m0/s1. The van der Waals surface area contributed by atoms with E-state index in [1.54, 1.807) is 11.6 Å². The third-order valence-electron chi connectivity index (χ3n) is 5.77. The van der Waals surface area contributed by atoms with Gasteiger partial charge >= 0.3 is 5.69 Å². The zero-order valence-electron chi connectivity index (χ0n) is 17.3. The van der Waals surface area contributed by atoms with Crippen molar-refractivity contribution < 1.29 is 14.3 Å². The van der Waals surface area contributed by atoms with Gasteiger partial charge in [0.25, 0.3) is 5.56 Å². The maximum Gasteiger partial charge on any atom is 0.332 e. The minimum absolute atomic E-state index is 0.0298. The van der Waals surface area contributed by atoms with Crippen molar-refractivity contribution in [1.29, 1.82) is 0 Å². The zero-order valence-corrected chi connectivity index (χ0v) is 17.3. The van der Waals surface area contributed by atoms with Gasteiger partial charge in [-0.15, -0.1) is 0 Å². The van der Waals surface area contributed by atoms with Crippen LogP contribution in [0.4, 0.5) is 5.95 Å². The molecule has 2 atom stereocenters. The van der Waals surface area contributed by atoms with Gasteiger partial charge in [-0.2, -0.15) is 4.98 Å². The summed E-state index contributed by atoms with van der Waals surface area (Å²) < 4.78 is 14.9. The summed E-state index contributed by atoms with van der Waals surface area (Å²) in [6.45, 7) is 3.06. The minimum atomic E-state index is -0.482. The molecular weight excluding hydrogens is 392 g/mol. The molecule has 1 amide bonds. The van der Waals surface area contributed by atoms with Gasteiger partial charge in [0.15, 0.2) is 11.2 Å². The van der Waals surface area contributed by atoms with Crippen molar-refractivity contribution in [2.24, 2.45) is 20.0 Å². The molecule has 30 heavy (non-hydrogen) atoms. The fourth-order valence-electron chi connectivity index (χ4n) is 3.95. The number of imidazole rings is 1. The van der Waals surface area contributed by atoms with E-state index in [-0.39, 0.29) is 29.7 Å². The van der Waals surface area contributed by atoms with Crippen molar-refractivity contribution in [1.82, 2.24) is 24.0 Å². The number of hydrogen-bond donors (Lipinski definition) is 2. The highest BCUT2D eigenvalue weighted by Crippen LogP contribution is 2.18. The van der Waals surface area contributed by atoms with Crippen molar-refractivity contribution in [2.45, 2.75) is 31.9 Å². The second-order valence-corrected chi connectivity index (χ2v) is 7.95. The first kappa shape index (κ1) is 20.6. The summed E-state index contributed by atoms with van der Waals surface area (Å²) in [6, 6.07) is 0. The third kappa shape index (κ3) is 3.99. The highest BCUT2D eigenvalue weighted by molar-refractivity contribution is 5.81. The molecule has 4 rings (SSSR count). The molecular formula is C19H28N6O5. The molecule has 2 fully saturated rings. The topological polar surface area (TPSA) is 121 Å². The van der Waals surface area contributed by atoms with Crippen LogP contribution in [0.15, 0.2) is 9.59 Å². The Morgan fingerprint density at radius 1 is 1.17 bits per heavy atom. The van der Waals surface area contributed by atoms with Crippen LogP contribution in [-0.4, -0.2) is 63.6 Å². The van der Waals surface area contributed by atoms with E-state index in [4.69, 9.17) is 9.47 Å². The van der Waals surface area contributed by atoms with Crippen LogP contribution < -0.4 is 21.9 Å². The number of anilines is 1. The summed E-state index contributed by atoms with van der Waals surface area (Å²) in [7, 11) is 2.98. The molecule has 0 bridgehead atoms. The summed E-state index contributed by atoms with van der Waals surface area (Å²) >= 11 is 0. The van der Waals surface area contributed by atoms with Crippen LogP contribution in [0.3, 0.4) is 0 Å². The average molecular weight is 420 g/mol. The maximum atomic E-state index is 12.8. The normalized spacial score (nSPS) is 21.4. The van der Waals surface area contributed by atoms with Crippen molar-refractivity contribution in [3.63, 3.8) is 0 Å². The second kappa shape index (κ2) is 8.60. The van der Waals surface area contributed by atoms with E-state index in [1.807, 2.05) is 0 Å². The second-order valence-electron chi connectivity index (χ2n) is 7.95.